The Labute approximate surface area is 129 Å². The Balaban J connectivity index is 1.94. The van der Waals surface area contributed by atoms with E-state index in [1.165, 1.54) is 25.5 Å². The van der Waals surface area contributed by atoms with E-state index in [1.54, 1.807) is 11.3 Å². The maximum atomic E-state index is 11.4. The summed E-state index contributed by atoms with van der Waals surface area (Å²) in [6, 6.07) is 10.6. The van der Waals surface area contributed by atoms with Crippen LogP contribution in [0.2, 0.25) is 0 Å². The van der Waals surface area contributed by atoms with Crippen molar-refractivity contribution in [3.05, 3.63) is 52.0 Å². The Bertz CT molecular complexity index is 615. The molecule has 0 aliphatic heterocycles. The van der Waals surface area contributed by atoms with E-state index >= 15 is 0 Å². The molecule has 4 heteroatoms. The lowest BCUT2D eigenvalue weighted by Crippen LogP contribution is -2.23. The van der Waals surface area contributed by atoms with Crippen LogP contribution in [0.4, 0.5) is 0 Å². The first-order chi connectivity index (χ1) is 10.2. The highest BCUT2D eigenvalue weighted by Gasteiger charge is 2.39. The highest BCUT2D eigenvalue weighted by atomic mass is 32.1. The van der Waals surface area contributed by atoms with Gasteiger partial charge in [-0.25, -0.2) is 4.98 Å². The van der Waals surface area contributed by atoms with Crippen LogP contribution in [0.3, 0.4) is 0 Å². The lowest BCUT2D eigenvalue weighted by molar-refractivity contribution is -0.139. The molecule has 1 fully saturated rings. The number of benzene rings is 1. The van der Waals surface area contributed by atoms with Crippen molar-refractivity contribution in [1.29, 1.82) is 0 Å². The average molecular weight is 301 g/mol. The van der Waals surface area contributed by atoms with Crippen LogP contribution in [0.1, 0.15) is 41.9 Å². The third kappa shape index (κ3) is 2.72. The Morgan fingerprint density at radius 1 is 1.29 bits per heavy atom. The van der Waals surface area contributed by atoms with Crippen molar-refractivity contribution in [3.63, 3.8) is 0 Å². The zero-order valence-corrected chi connectivity index (χ0v) is 13.0. The minimum Gasteiger partial charge on any atom is -0.469 e. The molecule has 0 N–H and O–H groups in total. The zero-order chi connectivity index (χ0) is 14.7. The third-order valence-corrected chi connectivity index (χ3v) is 5.39. The summed E-state index contributed by atoms with van der Waals surface area (Å²) in [7, 11) is 1.41. The van der Waals surface area contributed by atoms with E-state index in [2.05, 4.69) is 30.3 Å². The van der Waals surface area contributed by atoms with Crippen molar-refractivity contribution in [2.24, 2.45) is 0 Å². The average Bonchev–Trinajstić information content (AvgIpc) is 3.17. The molecule has 0 radical (unpaired) electrons. The van der Waals surface area contributed by atoms with Crippen molar-refractivity contribution in [3.8, 4) is 0 Å². The third-order valence-electron chi connectivity index (χ3n) is 4.30. The summed E-state index contributed by atoms with van der Waals surface area (Å²) in [5, 5.41) is 3.14. The molecule has 1 saturated carbocycles. The summed E-state index contributed by atoms with van der Waals surface area (Å²) in [5.74, 6) is -0.230. The minimum absolute atomic E-state index is 0.0420. The van der Waals surface area contributed by atoms with Crippen molar-refractivity contribution in [2.75, 3.05) is 7.11 Å². The van der Waals surface area contributed by atoms with Crippen molar-refractivity contribution >= 4 is 17.3 Å². The summed E-state index contributed by atoms with van der Waals surface area (Å²) in [6.07, 6.45) is 5.02. The molecule has 0 amide bonds. The van der Waals surface area contributed by atoms with Crippen LogP contribution < -0.4 is 0 Å². The van der Waals surface area contributed by atoms with Gasteiger partial charge in [0.25, 0.3) is 0 Å². The quantitative estimate of drug-likeness (QED) is 0.808. The number of ether oxygens (including phenoxy) is 1. The fraction of sp³-hybridized carbons (Fsp3) is 0.412. The number of thiazole rings is 1. The second-order valence-electron chi connectivity index (χ2n) is 5.55. The number of nitrogens with zero attached hydrogens (tertiary/aromatic N) is 1. The lowest BCUT2D eigenvalue weighted by atomic mass is 9.79. The van der Waals surface area contributed by atoms with E-state index in [9.17, 15) is 4.79 Å². The number of methoxy groups -OCH3 is 1. The summed E-state index contributed by atoms with van der Waals surface area (Å²) in [4.78, 5) is 16.2. The molecule has 3 rings (SSSR count). The summed E-state index contributed by atoms with van der Waals surface area (Å²) < 4.78 is 4.72. The summed E-state index contributed by atoms with van der Waals surface area (Å²) in [6.45, 7) is 0. The molecule has 0 bridgehead atoms. The molecule has 0 atom stereocenters. The maximum Gasteiger partial charge on any atom is 0.311 e. The van der Waals surface area contributed by atoms with Crippen molar-refractivity contribution < 1.29 is 9.53 Å². The summed E-state index contributed by atoms with van der Waals surface area (Å²) >= 11 is 1.67. The Kier molecular flexibility index (Phi) is 4.06. The van der Waals surface area contributed by atoms with Gasteiger partial charge in [-0.3, -0.25) is 4.79 Å². The van der Waals surface area contributed by atoms with Crippen LogP contribution in [0.25, 0.3) is 0 Å². The monoisotopic (exact) mass is 301 g/mol. The minimum atomic E-state index is -0.230. The van der Waals surface area contributed by atoms with Gasteiger partial charge in [0.15, 0.2) is 0 Å². The molecule has 1 aliphatic carbocycles. The van der Waals surface area contributed by atoms with E-state index in [4.69, 9.17) is 9.72 Å². The van der Waals surface area contributed by atoms with Crippen molar-refractivity contribution in [2.45, 2.75) is 37.5 Å². The Morgan fingerprint density at radius 2 is 2.00 bits per heavy atom. The largest absolute Gasteiger partial charge is 0.469 e. The van der Waals surface area contributed by atoms with E-state index in [0.717, 1.165) is 23.5 Å². The van der Waals surface area contributed by atoms with Gasteiger partial charge in [0.05, 0.1) is 19.2 Å². The van der Waals surface area contributed by atoms with Gasteiger partial charge in [-0.2, -0.15) is 0 Å². The van der Waals surface area contributed by atoms with Gasteiger partial charge in [-0.1, -0.05) is 43.2 Å². The molecule has 1 heterocycles. The molecule has 0 spiro atoms. The first-order valence-electron chi connectivity index (χ1n) is 7.32. The van der Waals surface area contributed by atoms with Crippen LogP contribution >= 0.6 is 11.3 Å². The molecule has 1 aliphatic rings. The molecule has 0 unspecified atom stereocenters. The second-order valence-corrected chi connectivity index (χ2v) is 6.41. The smallest absolute Gasteiger partial charge is 0.311 e. The van der Waals surface area contributed by atoms with Gasteiger partial charge >= 0.3 is 5.97 Å². The van der Waals surface area contributed by atoms with Gasteiger partial charge in [-0.05, 0) is 18.4 Å². The van der Waals surface area contributed by atoms with Gasteiger partial charge in [0.2, 0.25) is 0 Å². The second kappa shape index (κ2) is 5.98. The standard InChI is InChI=1S/C17H19NO2S/c1-20-15(19)11-14-12-21-16(18-14)17(9-5-6-10-17)13-7-3-2-4-8-13/h2-4,7-8,12H,5-6,9-11H2,1H3. The van der Waals surface area contributed by atoms with E-state index in [-0.39, 0.29) is 17.8 Å². The number of aromatic nitrogens is 1. The van der Waals surface area contributed by atoms with Crippen LogP contribution in [-0.4, -0.2) is 18.1 Å². The molecule has 3 nitrogen and oxygen atoms in total. The molecule has 1 aromatic carbocycles. The number of carbonyl (C=O) groups is 1. The lowest BCUT2D eigenvalue weighted by Gasteiger charge is -2.27. The van der Waals surface area contributed by atoms with Crippen LogP contribution in [0.5, 0.6) is 0 Å². The first kappa shape index (κ1) is 14.3. The Morgan fingerprint density at radius 3 is 2.67 bits per heavy atom. The van der Waals surface area contributed by atoms with E-state index in [1.807, 2.05) is 5.38 Å². The van der Waals surface area contributed by atoms with Gasteiger partial charge in [0.1, 0.15) is 5.01 Å². The number of hydrogen-bond donors (Lipinski definition) is 0. The highest BCUT2D eigenvalue weighted by molar-refractivity contribution is 7.09. The number of rotatable bonds is 4. The molecular weight excluding hydrogens is 282 g/mol. The highest BCUT2D eigenvalue weighted by Crippen LogP contribution is 2.47. The van der Waals surface area contributed by atoms with Gasteiger partial charge < -0.3 is 4.74 Å². The maximum absolute atomic E-state index is 11.4. The van der Waals surface area contributed by atoms with Crippen LogP contribution in [-0.2, 0) is 21.4 Å². The normalized spacial score (nSPS) is 16.8. The molecule has 110 valence electrons. The number of esters is 1. The molecular formula is C17H19NO2S. The molecule has 0 saturated heterocycles. The molecule has 2 aromatic rings. The van der Waals surface area contributed by atoms with Crippen LogP contribution in [0, 0.1) is 0 Å². The summed E-state index contributed by atoms with van der Waals surface area (Å²) in [5.41, 5.74) is 2.21. The van der Waals surface area contributed by atoms with E-state index in [0.29, 0.717) is 0 Å². The van der Waals surface area contributed by atoms with E-state index < -0.39 is 0 Å². The fourth-order valence-electron chi connectivity index (χ4n) is 3.19. The molecule has 1 aromatic heterocycles. The van der Waals surface area contributed by atoms with Crippen molar-refractivity contribution in [1.82, 2.24) is 4.98 Å². The first-order valence-corrected chi connectivity index (χ1v) is 8.20. The van der Waals surface area contributed by atoms with Gasteiger partial charge in [0, 0.05) is 10.8 Å². The predicted molar refractivity (Wildman–Crippen MR) is 83.5 cm³/mol. The SMILES string of the molecule is COC(=O)Cc1csc(C2(c3ccccc3)CCCC2)n1. The van der Waals surface area contributed by atoms with Gasteiger partial charge in [-0.15, -0.1) is 11.3 Å². The van der Waals surface area contributed by atoms with Crippen LogP contribution in [0.15, 0.2) is 35.7 Å². The molecule has 21 heavy (non-hydrogen) atoms. The number of carbonyl (C=O) groups excluding carboxylic acids is 1. The fourth-order valence-corrected chi connectivity index (χ4v) is 4.29. The number of hydrogen-bond acceptors (Lipinski definition) is 4. The topological polar surface area (TPSA) is 39.2 Å². The predicted octanol–water partition coefficient (Wildman–Crippen LogP) is 3.72. The Hall–Kier alpha value is -1.68. The zero-order valence-electron chi connectivity index (χ0n) is 12.2.